The average Bonchev–Trinajstić information content (AvgIpc) is 3.06. The van der Waals surface area contributed by atoms with E-state index in [-0.39, 0.29) is 6.54 Å². The zero-order valence-electron chi connectivity index (χ0n) is 17.7. The van der Waals surface area contributed by atoms with Crippen molar-refractivity contribution in [3.8, 4) is 11.5 Å². The minimum atomic E-state index is -1.71. The summed E-state index contributed by atoms with van der Waals surface area (Å²) in [5.74, 6) is 1.33. The summed E-state index contributed by atoms with van der Waals surface area (Å²) < 4.78 is 16.2. The first kappa shape index (κ1) is 20.8. The highest BCUT2D eigenvalue weighted by molar-refractivity contribution is 5.72. The molecule has 1 aliphatic heterocycles. The second-order valence-electron chi connectivity index (χ2n) is 7.56. The maximum atomic E-state index is 13.0. The fourth-order valence-electron chi connectivity index (χ4n) is 3.81. The van der Waals surface area contributed by atoms with E-state index < -0.39 is 17.9 Å². The summed E-state index contributed by atoms with van der Waals surface area (Å²) in [5, 5.41) is 12.0. The molecule has 4 rings (SSSR count). The average molecular weight is 419 g/mol. The Morgan fingerprint density at radius 1 is 0.903 bits per heavy atom. The minimum absolute atomic E-state index is 0.203. The molecule has 31 heavy (non-hydrogen) atoms. The van der Waals surface area contributed by atoms with Crippen LogP contribution in [0.1, 0.15) is 28.4 Å². The van der Waals surface area contributed by atoms with E-state index in [0.29, 0.717) is 22.6 Å². The quantitative estimate of drug-likeness (QED) is 0.635. The molecule has 0 aliphatic carbocycles. The Balaban J connectivity index is 1.78. The number of aryl methyl sites for hydroxylation is 1. The summed E-state index contributed by atoms with van der Waals surface area (Å²) in [6, 6.07) is 22.0. The number of methoxy groups -OCH3 is 2. The van der Waals surface area contributed by atoms with Gasteiger partial charge in [-0.15, -0.1) is 0 Å². The number of aliphatic hydroxyl groups is 1. The molecule has 0 spiro atoms. The van der Waals surface area contributed by atoms with Crippen molar-refractivity contribution in [3.05, 3.63) is 95.1 Å². The molecule has 3 aromatic carbocycles. The number of benzene rings is 3. The monoisotopic (exact) mass is 419 g/mol. The van der Waals surface area contributed by atoms with E-state index in [1.807, 2.05) is 31.2 Å². The molecule has 0 aromatic heterocycles. The van der Waals surface area contributed by atoms with Gasteiger partial charge in [-0.3, -0.25) is 4.90 Å². The van der Waals surface area contributed by atoms with Crippen molar-refractivity contribution in [2.75, 3.05) is 14.2 Å². The predicted octanol–water partition coefficient (Wildman–Crippen LogP) is 4.55. The van der Waals surface area contributed by atoms with Crippen molar-refractivity contribution in [1.82, 2.24) is 4.90 Å². The number of carbonyl (C=O) groups is 1. The molecule has 3 aromatic rings. The number of amides is 1. The highest BCUT2D eigenvalue weighted by Crippen LogP contribution is 2.47. The summed E-state index contributed by atoms with van der Waals surface area (Å²) in [6.45, 7) is 2.20. The van der Waals surface area contributed by atoms with Crippen LogP contribution in [0.3, 0.4) is 0 Å². The molecule has 6 heteroatoms. The first-order valence-corrected chi connectivity index (χ1v) is 10.0. The third-order valence-corrected chi connectivity index (χ3v) is 5.61. The van der Waals surface area contributed by atoms with Crippen LogP contribution in [0, 0.1) is 6.92 Å². The van der Waals surface area contributed by atoms with Gasteiger partial charge in [0.2, 0.25) is 5.72 Å². The zero-order chi connectivity index (χ0) is 22.0. The van der Waals surface area contributed by atoms with E-state index in [4.69, 9.17) is 14.2 Å². The van der Waals surface area contributed by atoms with Gasteiger partial charge in [0.15, 0.2) is 6.10 Å². The Morgan fingerprint density at radius 2 is 1.45 bits per heavy atom. The van der Waals surface area contributed by atoms with Crippen molar-refractivity contribution in [3.63, 3.8) is 0 Å². The molecule has 1 saturated heterocycles. The topological polar surface area (TPSA) is 68.2 Å². The van der Waals surface area contributed by atoms with E-state index in [0.717, 1.165) is 11.1 Å². The van der Waals surface area contributed by atoms with Crippen LogP contribution in [0.5, 0.6) is 11.5 Å². The van der Waals surface area contributed by atoms with Crippen molar-refractivity contribution < 1.29 is 24.1 Å². The van der Waals surface area contributed by atoms with Gasteiger partial charge in [-0.05, 0) is 42.3 Å². The van der Waals surface area contributed by atoms with Crippen LogP contribution in [0.15, 0.2) is 72.8 Å². The van der Waals surface area contributed by atoms with Crippen molar-refractivity contribution in [1.29, 1.82) is 0 Å². The van der Waals surface area contributed by atoms with Crippen LogP contribution in [0.25, 0.3) is 0 Å². The number of hydrogen-bond acceptors (Lipinski definition) is 5. The molecular formula is C25H25NO5. The third-order valence-electron chi connectivity index (χ3n) is 5.61. The van der Waals surface area contributed by atoms with Crippen LogP contribution in [0.2, 0.25) is 0 Å². The molecule has 0 unspecified atom stereocenters. The molecule has 1 fully saturated rings. The Hall–Kier alpha value is -3.51. The van der Waals surface area contributed by atoms with Gasteiger partial charge in [0.25, 0.3) is 0 Å². The van der Waals surface area contributed by atoms with Gasteiger partial charge >= 0.3 is 6.09 Å². The van der Waals surface area contributed by atoms with Gasteiger partial charge < -0.3 is 19.3 Å². The summed E-state index contributed by atoms with van der Waals surface area (Å²) in [6.07, 6.45) is -1.50. The zero-order valence-corrected chi connectivity index (χ0v) is 17.7. The van der Waals surface area contributed by atoms with Gasteiger partial charge in [-0.25, -0.2) is 4.79 Å². The number of carbonyl (C=O) groups excluding carboxylic acids is 1. The second-order valence-corrected chi connectivity index (χ2v) is 7.56. The lowest BCUT2D eigenvalue weighted by Gasteiger charge is -2.35. The number of hydrogen-bond donors (Lipinski definition) is 1. The van der Waals surface area contributed by atoms with Crippen LogP contribution >= 0.6 is 0 Å². The van der Waals surface area contributed by atoms with E-state index >= 15 is 0 Å². The molecule has 0 radical (unpaired) electrons. The molecule has 0 bridgehead atoms. The molecule has 2 atom stereocenters. The van der Waals surface area contributed by atoms with Crippen molar-refractivity contribution in [2.24, 2.45) is 0 Å². The largest absolute Gasteiger partial charge is 0.497 e. The van der Waals surface area contributed by atoms with Crippen LogP contribution in [0.4, 0.5) is 4.79 Å². The standard InChI is InChI=1S/C25H25NO5/c1-17-4-6-18(7-5-17)16-26-24(27)31-23(19-8-12-21(29-2)13-9-19)25(26,28)20-10-14-22(30-3)15-11-20/h4-15,23,28H,16H2,1-3H3/t23-,25-/m0/s1. The maximum absolute atomic E-state index is 13.0. The fourth-order valence-corrected chi connectivity index (χ4v) is 3.81. The summed E-state index contributed by atoms with van der Waals surface area (Å²) >= 11 is 0. The number of nitrogens with zero attached hydrogens (tertiary/aromatic N) is 1. The molecule has 1 N–H and O–H groups in total. The first-order chi connectivity index (χ1) is 15.0. The molecule has 160 valence electrons. The molecule has 1 aliphatic rings. The molecule has 1 amide bonds. The summed E-state index contributed by atoms with van der Waals surface area (Å²) in [4.78, 5) is 14.3. The SMILES string of the molecule is COc1ccc([C@@H]2OC(=O)N(Cc3ccc(C)cc3)[C@]2(O)c2ccc(OC)cc2)cc1. The van der Waals surface area contributed by atoms with Crippen molar-refractivity contribution >= 4 is 6.09 Å². The Morgan fingerprint density at radius 3 is 2.00 bits per heavy atom. The van der Waals surface area contributed by atoms with Gasteiger partial charge in [-0.1, -0.05) is 54.1 Å². The number of rotatable bonds is 6. The minimum Gasteiger partial charge on any atom is -0.497 e. The molecule has 1 heterocycles. The van der Waals surface area contributed by atoms with Crippen LogP contribution in [-0.4, -0.2) is 30.3 Å². The van der Waals surface area contributed by atoms with E-state index in [9.17, 15) is 9.90 Å². The number of cyclic esters (lactones) is 1. The molecule has 0 saturated carbocycles. The van der Waals surface area contributed by atoms with Crippen molar-refractivity contribution in [2.45, 2.75) is 25.3 Å². The Labute approximate surface area is 181 Å². The summed E-state index contributed by atoms with van der Waals surface area (Å²) in [5.41, 5.74) is 1.51. The second kappa shape index (κ2) is 8.32. The van der Waals surface area contributed by atoms with Crippen LogP contribution < -0.4 is 9.47 Å². The first-order valence-electron chi connectivity index (χ1n) is 10.0. The van der Waals surface area contributed by atoms with E-state index in [2.05, 4.69) is 0 Å². The lowest BCUT2D eigenvalue weighted by molar-refractivity contribution is -0.113. The lowest BCUT2D eigenvalue weighted by atomic mass is 9.90. The third kappa shape index (κ3) is 3.82. The molecule has 6 nitrogen and oxygen atoms in total. The van der Waals surface area contributed by atoms with Crippen LogP contribution in [-0.2, 0) is 17.0 Å². The van der Waals surface area contributed by atoms with Gasteiger partial charge in [0.1, 0.15) is 11.5 Å². The smallest absolute Gasteiger partial charge is 0.413 e. The number of ether oxygens (including phenoxy) is 3. The fraction of sp³-hybridized carbons (Fsp3) is 0.240. The highest BCUT2D eigenvalue weighted by atomic mass is 16.6. The lowest BCUT2D eigenvalue weighted by Crippen LogP contribution is -2.45. The summed E-state index contributed by atoms with van der Waals surface area (Å²) in [7, 11) is 3.16. The maximum Gasteiger partial charge on any atom is 0.413 e. The van der Waals surface area contributed by atoms with E-state index in [1.165, 1.54) is 4.90 Å². The van der Waals surface area contributed by atoms with E-state index in [1.54, 1.807) is 62.8 Å². The predicted molar refractivity (Wildman–Crippen MR) is 116 cm³/mol. The van der Waals surface area contributed by atoms with Gasteiger partial charge in [0.05, 0.1) is 20.8 Å². The van der Waals surface area contributed by atoms with Gasteiger partial charge in [0, 0.05) is 5.56 Å². The van der Waals surface area contributed by atoms with Gasteiger partial charge in [-0.2, -0.15) is 0 Å². The molecular weight excluding hydrogens is 394 g/mol. The Kier molecular flexibility index (Phi) is 5.57. The normalized spacial score (nSPS) is 20.5. The highest BCUT2D eigenvalue weighted by Gasteiger charge is 2.56. The Bertz CT molecular complexity index is 1050.